The Kier molecular flexibility index (Phi) is 8.83. The molecule has 204 valence electrons. The van der Waals surface area contributed by atoms with Gasteiger partial charge in [-0.15, -0.1) is 0 Å². The first-order valence-electron chi connectivity index (χ1n) is 12.7. The van der Waals surface area contributed by atoms with Crippen molar-refractivity contribution in [2.45, 2.75) is 56.8 Å². The molecule has 2 aromatic carbocycles. The highest BCUT2D eigenvalue weighted by atomic mass is 32.2. The minimum Gasteiger partial charge on any atom is -0.497 e. The Hall–Kier alpha value is -3.24. The first kappa shape index (κ1) is 27.8. The maximum Gasteiger partial charge on any atom is 0.254 e. The molecule has 0 aliphatic carbocycles. The van der Waals surface area contributed by atoms with Gasteiger partial charge < -0.3 is 18.9 Å². The molecule has 0 saturated carbocycles. The summed E-state index contributed by atoms with van der Waals surface area (Å²) in [6.07, 6.45) is 3.02. The van der Waals surface area contributed by atoms with Gasteiger partial charge in [-0.25, -0.2) is 17.8 Å². The third-order valence-electron chi connectivity index (χ3n) is 6.46. The summed E-state index contributed by atoms with van der Waals surface area (Å²) in [4.78, 5) is 19.5. The van der Waals surface area contributed by atoms with E-state index in [4.69, 9.17) is 9.47 Å². The molecule has 0 N–H and O–H groups in total. The quantitative estimate of drug-likeness (QED) is 0.354. The molecule has 1 amide bonds. The van der Waals surface area contributed by atoms with E-state index in [2.05, 4.69) is 4.98 Å². The molecule has 0 unspecified atom stereocenters. The SMILES string of the molecule is COc1ccc(C(=O)N(Cc2cnc(S(=O)(=O)Cc3ccccc3F)n2C[C@H]2CCCO2)CC(C)C)cc1. The number of sulfone groups is 1. The molecule has 38 heavy (non-hydrogen) atoms. The molecule has 0 bridgehead atoms. The van der Waals surface area contributed by atoms with Crippen LogP contribution in [0.5, 0.6) is 5.75 Å². The molecule has 4 rings (SSSR count). The fourth-order valence-electron chi connectivity index (χ4n) is 4.61. The van der Waals surface area contributed by atoms with Crippen molar-refractivity contribution in [2.75, 3.05) is 20.3 Å². The third-order valence-corrected chi connectivity index (χ3v) is 8.03. The van der Waals surface area contributed by atoms with Crippen molar-refractivity contribution in [1.29, 1.82) is 0 Å². The number of benzene rings is 2. The van der Waals surface area contributed by atoms with Crippen molar-refractivity contribution in [3.8, 4) is 5.75 Å². The van der Waals surface area contributed by atoms with Crippen LogP contribution in [0.3, 0.4) is 0 Å². The Morgan fingerprint density at radius 3 is 2.58 bits per heavy atom. The van der Waals surface area contributed by atoms with E-state index >= 15 is 0 Å². The summed E-state index contributed by atoms with van der Waals surface area (Å²) in [7, 11) is -2.42. The predicted octanol–water partition coefficient (Wildman–Crippen LogP) is 4.48. The van der Waals surface area contributed by atoms with E-state index in [0.29, 0.717) is 30.2 Å². The normalized spacial score (nSPS) is 15.7. The number of amides is 1. The van der Waals surface area contributed by atoms with Gasteiger partial charge in [0.2, 0.25) is 15.0 Å². The fourth-order valence-corrected chi connectivity index (χ4v) is 6.12. The molecule has 8 nitrogen and oxygen atoms in total. The van der Waals surface area contributed by atoms with E-state index < -0.39 is 21.4 Å². The maximum atomic E-state index is 14.3. The number of ether oxygens (including phenoxy) is 2. The van der Waals surface area contributed by atoms with E-state index in [1.807, 2.05) is 13.8 Å². The molecule has 0 spiro atoms. The van der Waals surface area contributed by atoms with Gasteiger partial charge in [-0.05, 0) is 49.1 Å². The molecule has 1 aliphatic rings. The van der Waals surface area contributed by atoms with Gasteiger partial charge in [0.25, 0.3) is 5.91 Å². The van der Waals surface area contributed by atoms with Crippen molar-refractivity contribution < 1.29 is 27.1 Å². The second kappa shape index (κ2) is 12.1. The minimum absolute atomic E-state index is 0.0804. The highest BCUT2D eigenvalue weighted by molar-refractivity contribution is 7.90. The Labute approximate surface area is 223 Å². The Balaban J connectivity index is 1.67. The largest absolute Gasteiger partial charge is 0.497 e. The second-order valence-electron chi connectivity index (χ2n) is 9.94. The molecule has 3 aromatic rings. The van der Waals surface area contributed by atoms with Gasteiger partial charge in [-0.1, -0.05) is 32.0 Å². The summed E-state index contributed by atoms with van der Waals surface area (Å²) < 4.78 is 53.8. The number of nitrogens with zero attached hydrogens (tertiary/aromatic N) is 3. The van der Waals surface area contributed by atoms with Gasteiger partial charge in [0, 0.05) is 24.3 Å². The number of carbonyl (C=O) groups excluding carboxylic acids is 1. The van der Waals surface area contributed by atoms with Crippen molar-refractivity contribution in [3.63, 3.8) is 0 Å². The monoisotopic (exact) mass is 543 g/mol. The fraction of sp³-hybridized carbons (Fsp3) is 0.429. The molecule has 0 radical (unpaired) electrons. The number of carbonyl (C=O) groups is 1. The topological polar surface area (TPSA) is 90.7 Å². The van der Waals surface area contributed by atoms with Crippen LogP contribution >= 0.6 is 0 Å². The van der Waals surface area contributed by atoms with Gasteiger partial charge in [0.15, 0.2) is 0 Å². The highest BCUT2D eigenvalue weighted by Gasteiger charge is 2.29. The molecule has 1 saturated heterocycles. The summed E-state index contributed by atoms with van der Waals surface area (Å²) in [6.45, 7) is 5.56. The molecular formula is C28H34FN3O5S. The third kappa shape index (κ3) is 6.60. The van der Waals surface area contributed by atoms with Crippen LogP contribution in [0.4, 0.5) is 4.39 Å². The van der Waals surface area contributed by atoms with E-state index in [-0.39, 0.29) is 41.7 Å². The lowest BCUT2D eigenvalue weighted by Gasteiger charge is -2.26. The Morgan fingerprint density at radius 1 is 1.21 bits per heavy atom. The number of imidazole rings is 1. The smallest absolute Gasteiger partial charge is 0.254 e. The molecular weight excluding hydrogens is 509 g/mol. The van der Waals surface area contributed by atoms with Gasteiger partial charge in [-0.2, -0.15) is 0 Å². The lowest BCUT2D eigenvalue weighted by atomic mass is 10.1. The first-order valence-corrected chi connectivity index (χ1v) is 14.4. The lowest BCUT2D eigenvalue weighted by molar-refractivity contribution is 0.0711. The highest BCUT2D eigenvalue weighted by Crippen LogP contribution is 2.24. The van der Waals surface area contributed by atoms with Crippen molar-refractivity contribution in [3.05, 3.63) is 77.4 Å². The number of hydrogen-bond donors (Lipinski definition) is 0. The van der Waals surface area contributed by atoms with Crippen molar-refractivity contribution >= 4 is 15.7 Å². The van der Waals surface area contributed by atoms with Crippen molar-refractivity contribution in [2.24, 2.45) is 5.92 Å². The summed E-state index contributed by atoms with van der Waals surface area (Å²) in [5, 5.41) is -0.146. The number of halogens is 1. The predicted molar refractivity (Wildman–Crippen MR) is 141 cm³/mol. The zero-order valence-corrected chi connectivity index (χ0v) is 22.8. The molecule has 1 aromatic heterocycles. The summed E-state index contributed by atoms with van der Waals surface area (Å²) >= 11 is 0. The number of hydrogen-bond acceptors (Lipinski definition) is 6. The first-order chi connectivity index (χ1) is 18.2. The Bertz CT molecular complexity index is 1350. The maximum absolute atomic E-state index is 14.3. The second-order valence-corrected chi connectivity index (χ2v) is 11.8. The van der Waals surface area contributed by atoms with E-state index in [0.717, 1.165) is 12.8 Å². The van der Waals surface area contributed by atoms with Gasteiger partial charge in [0.1, 0.15) is 11.6 Å². The van der Waals surface area contributed by atoms with Crippen LogP contribution in [0.2, 0.25) is 0 Å². The molecule has 2 heterocycles. The summed E-state index contributed by atoms with van der Waals surface area (Å²) in [5.74, 6) is -0.446. The zero-order chi connectivity index (χ0) is 27.3. The average Bonchev–Trinajstić information content (AvgIpc) is 3.55. The number of rotatable bonds is 11. The van der Waals surface area contributed by atoms with E-state index in [1.165, 1.54) is 24.4 Å². The summed E-state index contributed by atoms with van der Waals surface area (Å²) in [6, 6.07) is 12.7. The van der Waals surface area contributed by atoms with Crippen LogP contribution in [-0.2, 0) is 33.4 Å². The van der Waals surface area contributed by atoms with Crippen molar-refractivity contribution in [1.82, 2.24) is 14.5 Å². The van der Waals surface area contributed by atoms with Gasteiger partial charge >= 0.3 is 0 Å². The van der Waals surface area contributed by atoms with Gasteiger partial charge in [0.05, 0.1) is 43.9 Å². The van der Waals surface area contributed by atoms with Gasteiger partial charge in [-0.3, -0.25) is 4.79 Å². The minimum atomic E-state index is -3.99. The molecule has 1 fully saturated rings. The van der Waals surface area contributed by atoms with Crippen LogP contribution in [0, 0.1) is 11.7 Å². The van der Waals surface area contributed by atoms with E-state index in [1.54, 1.807) is 46.9 Å². The molecule has 1 atom stereocenters. The standard InChI is InChI=1S/C28H34FN3O5S/c1-20(2)16-31(27(33)21-10-12-24(36-3)13-11-21)17-23-15-30-28(32(23)18-25-8-6-14-37-25)38(34,35)19-22-7-4-5-9-26(22)29/h4-5,7,9-13,15,20,25H,6,8,14,16-19H2,1-3H3/t25-/m1/s1. The van der Waals surface area contributed by atoms with Crippen LogP contribution in [-0.4, -0.2) is 55.1 Å². The lowest BCUT2D eigenvalue weighted by Crippen LogP contribution is -2.35. The van der Waals surface area contributed by atoms with E-state index in [9.17, 15) is 17.6 Å². The van der Waals surface area contributed by atoms with Crippen LogP contribution < -0.4 is 4.74 Å². The Morgan fingerprint density at radius 2 is 1.95 bits per heavy atom. The van der Waals surface area contributed by atoms with Crippen LogP contribution in [0.25, 0.3) is 0 Å². The van der Waals surface area contributed by atoms with Crippen LogP contribution in [0.1, 0.15) is 48.3 Å². The molecule has 1 aliphatic heterocycles. The number of methoxy groups -OCH3 is 1. The number of aromatic nitrogens is 2. The zero-order valence-electron chi connectivity index (χ0n) is 22.0. The summed E-state index contributed by atoms with van der Waals surface area (Å²) in [5.41, 5.74) is 1.16. The van der Waals surface area contributed by atoms with Crippen LogP contribution in [0.15, 0.2) is 59.9 Å². The molecule has 10 heteroatoms. The average molecular weight is 544 g/mol.